The molecule has 1 aromatic carbocycles. The van der Waals surface area contributed by atoms with Crippen LogP contribution in [0.4, 0.5) is 0 Å². The molecule has 118 valence electrons. The molecule has 0 radical (unpaired) electrons. The first-order valence-corrected chi connectivity index (χ1v) is 7.90. The molecular formula is C19H21N3O. The van der Waals surface area contributed by atoms with Crippen LogP contribution >= 0.6 is 0 Å². The van der Waals surface area contributed by atoms with E-state index in [1.807, 2.05) is 53.9 Å². The normalized spacial score (nSPS) is 10.9. The van der Waals surface area contributed by atoms with Crippen LogP contribution in [0.25, 0.3) is 5.65 Å². The number of hydrogen-bond donors (Lipinski definition) is 1. The van der Waals surface area contributed by atoms with Gasteiger partial charge >= 0.3 is 0 Å². The predicted octanol–water partition coefficient (Wildman–Crippen LogP) is 3.44. The lowest BCUT2D eigenvalue weighted by atomic mass is 10.1. The maximum Gasteiger partial charge on any atom is 0.270 e. The van der Waals surface area contributed by atoms with Crippen molar-refractivity contribution in [3.63, 3.8) is 0 Å². The number of hydrogen-bond acceptors (Lipinski definition) is 2. The smallest absolute Gasteiger partial charge is 0.270 e. The number of nitrogens with zero attached hydrogens (tertiary/aromatic N) is 2. The minimum Gasteiger partial charge on any atom is -0.347 e. The van der Waals surface area contributed by atoms with Crippen LogP contribution in [0.2, 0.25) is 0 Å². The van der Waals surface area contributed by atoms with Gasteiger partial charge in [-0.1, -0.05) is 36.8 Å². The van der Waals surface area contributed by atoms with E-state index in [-0.39, 0.29) is 5.91 Å². The zero-order valence-corrected chi connectivity index (χ0v) is 13.8. The van der Waals surface area contributed by atoms with Crippen molar-refractivity contribution in [3.05, 3.63) is 70.7 Å². The molecule has 1 N–H and O–H groups in total. The number of benzene rings is 1. The minimum atomic E-state index is -0.0974. The molecule has 0 aliphatic carbocycles. The first-order valence-electron chi connectivity index (χ1n) is 7.90. The molecule has 0 bridgehead atoms. The monoisotopic (exact) mass is 307 g/mol. The Morgan fingerprint density at radius 1 is 1.13 bits per heavy atom. The average Bonchev–Trinajstić information content (AvgIpc) is 2.88. The number of aromatic nitrogens is 2. The van der Waals surface area contributed by atoms with Gasteiger partial charge in [0.1, 0.15) is 11.3 Å². The van der Waals surface area contributed by atoms with Gasteiger partial charge in [0.15, 0.2) is 0 Å². The summed E-state index contributed by atoms with van der Waals surface area (Å²) in [6.45, 7) is 6.55. The molecule has 1 amide bonds. The Labute approximate surface area is 136 Å². The van der Waals surface area contributed by atoms with Crippen LogP contribution < -0.4 is 5.32 Å². The first kappa shape index (κ1) is 15.3. The molecule has 0 aliphatic heterocycles. The summed E-state index contributed by atoms with van der Waals surface area (Å²) in [5.74, 6) is -0.0974. The number of carbonyl (C=O) groups excluding carboxylic acids is 1. The number of imidazole rings is 1. The van der Waals surface area contributed by atoms with Crippen molar-refractivity contribution in [2.24, 2.45) is 0 Å². The third-order valence-electron chi connectivity index (χ3n) is 4.06. The summed E-state index contributed by atoms with van der Waals surface area (Å²) in [6, 6.07) is 12.2. The van der Waals surface area contributed by atoms with Gasteiger partial charge in [-0.2, -0.15) is 0 Å². The van der Waals surface area contributed by atoms with Crippen LogP contribution in [0, 0.1) is 13.8 Å². The molecule has 4 nitrogen and oxygen atoms in total. The van der Waals surface area contributed by atoms with Crippen molar-refractivity contribution in [1.29, 1.82) is 0 Å². The topological polar surface area (TPSA) is 46.4 Å². The van der Waals surface area contributed by atoms with Crippen molar-refractivity contribution in [1.82, 2.24) is 14.7 Å². The SMILES string of the molecule is CCc1ccn2c(C(=O)NCc3ccc(C)cc3)c(C)nc2c1. The van der Waals surface area contributed by atoms with Gasteiger partial charge in [0.2, 0.25) is 0 Å². The summed E-state index contributed by atoms with van der Waals surface area (Å²) < 4.78 is 1.86. The van der Waals surface area contributed by atoms with Crippen LogP contribution in [0.5, 0.6) is 0 Å². The van der Waals surface area contributed by atoms with Crippen molar-refractivity contribution < 1.29 is 4.79 Å². The van der Waals surface area contributed by atoms with Crippen LogP contribution in [0.3, 0.4) is 0 Å². The quantitative estimate of drug-likeness (QED) is 0.802. The fraction of sp³-hybridized carbons (Fsp3) is 0.263. The molecule has 2 heterocycles. The Morgan fingerprint density at radius 2 is 1.87 bits per heavy atom. The second-order valence-corrected chi connectivity index (χ2v) is 5.83. The Morgan fingerprint density at radius 3 is 2.57 bits per heavy atom. The molecular weight excluding hydrogens is 286 g/mol. The van der Waals surface area contributed by atoms with Crippen molar-refractivity contribution in [2.45, 2.75) is 33.7 Å². The second-order valence-electron chi connectivity index (χ2n) is 5.83. The predicted molar refractivity (Wildman–Crippen MR) is 91.7 cm³/mol. The lowest BCUT2D eigenvalue weighted by molar-refractivity contribution is 0.0944. The van der Waals surface area contributed by atoms with Crippen molar-refractivity contribution in [3.8, 4) is 0 Å². The van der Waals surface area contributed by atoms with E-state index < -0.39 is 0 Å². The van der Waals surface area contributed by atoms with E-state index >= 15 is 0 Å². The maximum absolute atomic E-state index is 12.6. The standard InChI is InChI=1S/C19H21N3O/c1-4-15-9-10-22-17(11-15)21-14(3)18(22)19(23)20-12-16-7-5-13(2)6-8-16/h5-11H,4,12H2,1-3H3,(H,20,23). The van der Waals surface area contributed by atoms with Gasteiger partial charge in [-0.25, -0.2) is 4.98 Å². The van der Waals surface area contributed by atoms with Crippen LogP contribution in [0.15, 0.2) is 42.6 Å². The molecule has 3 rings (SSSR count). The summed E-state index contributed by atoms with van der Waals surface area (Å²) >= 11 is 0. The molecule has 0 spiro atoms. The minimum absolute atomic E-state index is 0.0974. The maximum atomic E-state index is 12.6. The van der Waals surface area contributed by atoms with Gasteiger partial charge < -0.3 is 5.32 Å². The van der Waals surface area contributed by atoms with E-state index in [0.717, 1.165) is 23.3 Å². The highest BCUT2D eigenvalue weighted by Crippen LogP contribution is 2.14. The van der Waals surface area contributed by atoms with Crippen LogP contribution in [-0.4, -0.2) is 15.3 Å². The van der Waals surface area contributed by atoms with Gasteiger partial charge in [-0.3, -0.25) is 9.20 Å². The second kappa shape index (κ2) is 6.24. The fourth-order valence-electron chi connectivity index (χ4n) is 2.67. The Bertz CT molecular complexity index is 847. The third-order valence-corrected chi connectivity index (χ3v) is 4.06. The lowest BCUT2D eigenvalue weighted by Gasteiger charge is -2.07. The molecule has 0 atom stereocenters. The first-order chi connectivity index (χ1) is 11.1. The van der Waals surface area contributed by atoms with E-state index in [2.05, 4.69) is 24.1 Å². The number of rotatable bonds is 4. The summed E-state index contributed by atoms with van der Waals surface area (Å²) in [5, 5.41) is 2.98. The average molecular weight is 307 g/mol. The molecule has 0 saturated heterocycles. The highest BCUT2D eigenvalue weighted by molar-refractivity contribution is 5.94. The Hall–Kier alpha value is -2.62. The molecule has 0 unspecified atom stereocenters. The van der Waals surface area contributed by atoms with E-state index in [9.17, 15) is 4.79 Å². The largest absolute Gasteiger partial charge is 0.347 e. The van der Waals surface area contributed by atoms with Crippen LogP contribution in [0.1, 0.15) is 39.8 Å². The number of amides is 1. The number of pyridine rings is 1. The van der Waals surface area contributed by atoms with Gasteiger partial charge in [-0.15, -0.1) is 0 Å². The number of aryl methyl sites for hydroxylation is 3. The summed E-state index contributed by atoms with van der Waals surface area (Å²) in [7, 11) is 0. The Balaban J connectivity index is 1.83. The molecule has 4 heteroatoms. The summed E-state index contributed by atoms with van der Waals surface area (Å²) in [6.07, 6.45) is 2.88. The molecule has 23 heavy (non-hydrogen) atoms. The molecule has 3 aromatic rings. The lowest BCUT2D eigenvalue weighted by Crippen LogP contribution is -2.25. The van der Waals surface area contributed by atoms with Crippen LogP contribution in [-0.2, 0) is 13.0 Å². The molecule has 0 saturated carbocycles. The van der Waals surface area contributed by atoms with Gasteiger partial charge in [-0.05, 0) is 43.5 Å². The van der Waals surface area contributed by atoms with E-state index in [1.54, 1.807) is 0 Å². The van der Waals surface area contributed by atoms with Crippen molar-refractivity contribution >= 4 is 11.6 Å². The molecule has 0 aliphatic rings. The highest BCUT2D eigenvalue weighted by Gasteiger charge is 2.16. The van der Waals surface area contributed by atoms with E-state index in [0.29, 0.717) is 12.2 Å². The summed E-state index contributed by atoms with van der Waals surface area (Å²) in [5.41, 5.74) is 5.69. The zero-order valence-electron chi connectivity index (χ0n) is 13.8. The number of carbonyl (C=O) groups is 1. The van der Waals surface area contributed by atoms with E-state index in [4.69, 9.17) is 0 Å². The molecule has 2 aromatic heterocycles. The number of nitrogens with one attached hydrogen (secondary N) is 1. The number of fused-ring (bicyclic) bond motifs is 1. The Kier molecular flexibility index (Phi) is 4.15. The summed E-state index contributed by atoms with van der Waals surface area (Å²) in [4.78, 5) is 17.1. The third kappa shape index (κ3) is 3.11. The fourth-order valence-corrected chi connectivity index (χ4v) is 2.67. The van der Waals surface area contributed by atoms with E-state index in [1.165, 1.54) is 11.1 Å². The molecule has 0 fully saturated rings. The zero-order chi connectivity index (χ0) is 16.4. The van der Waals surface area contributed by atoms with Gasteiger partial charge in [0.25, 0.3) is 5.91 Å². The highest BCUT2D eigenvalue weighted by atomic mass is 16.1. The van der Waals surface area contributed by atoms with Gasteiger partial charge in [0.05, 0.1) is 5.69 Å². The van der Waals surface area contributed by atoms with Crippen molar-refractivity contribution in [2.75, 3.05) is 0 Å². The van der Waals surface area contributed by atoms with Gasteiger partial charge in [0, 0.05) is 12.7 Å².